The van der Waals surface area contributed by atoms with E-state index in [0.717, 1.165) is 25.7 Å². The molecule has 3 aromatic rings. The van der Waals surface area contributed by atoms with Crippen molar-refractivity contribution in [2.75, 3.05) is 5.32 Å². The Morgan fingerprint density at radius 1 is 1.10 bits per heavy atom. The number of carbonyl (C=O) groups excluding carboxylic acids is 1. The third kappa shape index (κ3) is 4.03. The molecule has 0 radical (unpaired) electrons. The van der Waals surface area contributed by atoms with Gasteiger partial charge in [-0.25, -0.2) is 19.3 Å². The number of aromatic nitrogens is 4. The second kappa shape index (κ2) is 8.32. The van der Waals surface area contributed by atoms with Crippen LogP contribution >= 0.6 is 0 Å². The van der Waals surface area contributed by atoms with Crippen LogP contribution in [0, 0.1) is 11.9 Å². The van der Waals surface area contributed by atoms with E-state index in [0.29, 0.717) is 59.3 Å². The molecule has 2 N–H and O–H groups in total. The molecule has 8 heteroatoms. The molecule has 0 saturated heterocycles. The number of aromatic amines is 1. The van der Waals surface area contributed by atoms with Crippen molar-refractivity contribution in [3.63, 3.8) is 0 Å². The molecule has 6 nitrogen and oxygen atoms in total. The van der Waals surface area contributed by atoms with Gasteiger partial charge in [0.2, 0.25) is 5.95 Å². The van der Waals surface area contributed by atoms with Crippen molar-refractivity contribution >= 4 is 22.6 Å². The van der Waals surface area contributed by atoms with Crippen LogP contribution < -0.4 is 5.32 Å². The van der Waals surface area contributed by atoms with Crippen molar-refractivity contribution in [3.05, 3.63) is 47.4 Å². The van der Waals surface area contributed by atoms with E-state index in [1.54, 1.807) is 12.3 Å². The number of alkyl halides is 1. The number of nitrogens with zero attached hydrogens (tertiary/aromatic N) is 3. The van der Waals surface area contributed by atoms with Gasteiger partial charge in [-0.3, -0.25) is 4.79 Å². The Morgan fingerprint density at radius 2 is 1.90 bits per heavy atom. The third-order valence-electron chi connectivity index (χ3n) is 6.59. The number of pyridine rings is 1. The summed E-state index contributed by atoms with van der Waals surface area (Å²) < 4.78 is 28.2. The van der Waals surface area contributed by atoms with Gasteiger partial charge in [0.05, 0.1) is 16.5 Å². The summed E-state index contributed by atoms with van der Waals surface area (Å²) in [5.74, 6) is -0.326. The molecule has 0 unspecified atom stereocenters. The van der Waals surface area contributed by atoms with E-state index in [2.05, 4.69) is 25.3 Å². The lowest BCUT2D eigenvalue weighted by molar-refractivity contribution is 0.103. The normalized spacial score (nSPS) is 21.7. The van der Waals surface area contributed by atoms with Crippen LogP contribution in [0.2, 0.25) is 0 Å². The van der Waals surface area contributed by atoms with Crippen LogP contribution in [-0.2, 0) is 6.42 Å². The summed E-state index contributed by atoms with van der Waals surface area (Å²) in [6.07, 6.45) is 8.88. The first-order valence-electron chi connectivity index (χ1n) is 11.0. The minimum absolute atomic E-state index is 0.0736. The number of carbonyl (C=O) groups is 1. The van der Waals surface area contributed by atoms with Gasteiger partial charge in [0, 0.05) is 17.9 Å². The topological polar surface area (TPSA) is 83.6 Å². The van der Waals surface area contributed by atoms with Gasteiger partial charge in [-0.05, 0) is 69.4 Å². The zero-order valence-electron chi connectivity index (χ0n) is 17.2. The Bertz CT molecular complexity index is 1100. The number of ketones is 1. The van der Waals surface area contributed by atoms with E-state index < -0.39 is 17.9 Å². The molecule has 0 aliphatic heterocycles. The van der Waals surface area contributed by atoms with Gasteiger partial charge in [0.15, 0.2) is 5.78 Å². The van der Waals surface area contributed by atoms with Crippen LogP contribution in [-0.4, -0.2) is 37.9 Å². The molecule has 2 aliphatic rings. The van der Waals surface area contributed by atoms with Crippen molar-refractivity contribution < 1.29 is 13.6 Å². The molecule has 2 fully saturated rings. The molecule has 2 aliphatic carbocycles. The van der Waals surface area contributed by atoms with E-state index in [9.17, 15) is 13.6 Å². The maximum atomic E-state index is 14.8. The lowest BCUT2D eigenvalue weighted by Crippen LogP contribution is -2.27. The lowest BCUT2D eigenvalue weighted by atomic mass is 9.85. The molecular formula is C23H25F2N5O. The van der Waals surface area contributed by atoms with Gasteiger partial charge in [-0.15, -0.1) is 0 Å². The number of hydrogen-bond acceptors (Lipinski definition) is 5. The summed E-state index contributed by atoms with van der Waals surface area (Å²) in [6.45, 7) is 0. The zero-order chi connectivity index (χ0) is 21.4. The van der Waals surface area contributed by atoms with E-state index in [-0.39, 0.29) is 5.56 Å². The van der Waals surface area contributed by atoms with Crippen molar-refractivity contribution in [1.29, 1.82) is 0 Å². The Labute approximate surface area is 178 Å². The Kier molecular flexibility index (Phi) is 5.38. The third-order valence-corrected chi connectivity index (χ3v) is 6.59. The summed E-state index contributed by atoms with van der Waals surface area (Å²) in [4.78, 5) is 28.7. The first-order chi connectivity index (χ1) is 15.1. The SMILES string of the molecule is O=C(c1ccc(CC2CCC(F)CC2)nc1F)c1c[nH]c2ncnc(NC3CCC3)c12. The first-order valence-corrected chi connectivity index (χ1v) is 11.0. The molecule has 31 heavy (non-hydrogen) atoms. The smallest absolute Gasteiger partial charge is 0.224 e. The van der Waals surface area contributed by atoms with Gasteiger partial charge < -0.3 is 10.3 Å². The monoisotopic (exact) mass is 425 g/mol. The highest BCUT2D eigenvalue weighted by Gasteiger charge is 2.25. The fourth-order valence-electron chi connectivity index (χ4n) is 4.52. The Balaban J connectivity index is 1.39. The number of halogens is 2. The highest BCUT2D eigenvalue weighted by atomic mass is 19.1. The molecule has 3 heterocycles. The summed E-state index contributed by atoms with van der Waals surface area (Å²) in [6, 6.07) is 3.54. The van der Waals surface area contributed by atoms with E-state index in [4.69, 9.17) is 0 Å². The predicted octanol–water partition coefficient (Wildman–Crippen LogP) is 4.76. The van der Waals surface area contributed by atoms with Crippen LogP contribution in [0.3, 0.4) is 0 Å². The predicted molar refractivity (Wildman–Crippen MR) is 113 cm³/mol. The van der Waals surface area contributed by atoms with E-state index in [1.807, 2.05) is 0 Å². The van der Waals surface area contributed by atoms with E-state index in [1.165, 1.54) is 18.8 Å². The number of fused-ring (bicyclic) bond motifs is 1. The van der Waals surface area contributed by atoms with Gasteiger partial charge in [-0.2, -0.15) is 4.39 Å². The fraction of sp³-hybridized carbons (Fsp3) is 0.478. The number of H-pyrrole nitrogens is 1. The van der Waals surface area contributed by atoms with Crippen molar-refractivity contribution in [3.8, 4) is 0 Å². The summed E-state index contributed by atoms with van der Waals surface area (Å²) in [5, 5.41) is 3.94. The average Bonchev–Trinajstić information content (AvgIpc) is 3.17. The van der Waals surface area contributed by atoms with Crippen LogP contribution in [0.1, 0.15) is 66.6 Å². The molecule has 2 saturated carbocycles. The quantitative estimate of drug-likeness (QED) is 0.440. The molecule has 5 rings (SSSR count). The summed E-state index contributed by atoms with van der Waals surface area (Å²) >= 11 is 0. The molecule has 0 bridgehead atoms. The number of anilines is 1. The van der Waals surface area contributed by atoms with Crippen molar-refractivity contribution in [2.24, 2.45) is 5.92 Å². The number of hydrogen-bond donors (Lipinski definition) is 2. The van der Waals surface area contributed by atoms with Crippen molar-refractivity contribution in [2.45, 2.75) is 63.6 Å². The highest BCUT2D eigenvalue weighted by molar-refractivity contribution is 6.18. The maximum Gasteiger partial charge on any atom is 0.224 e. The molecule has 3 aromatic heterocycles. The average molecular weight is 425 g/mol. The van der Waals surface area contributed by atoms with Crippen LogP contribution in [0.5, 0.6) is 0 Å². The first kappa shape index (κ1) is 20.0. The Hall–Kier alpha value is -2.90. The van der Waals surface area contributed by atoms with Gasteiger partial charge in [-0.1, -0.05) is 0 Å². The molecule has 162 valence electrons. The van der Waals surface area contributed by atoms with Gasteiger partial charge >= 0.3 is 0 Å². The molecule has 0 spiro atoms. The van der Waals surface area contributed by atoms with Gasteiger partial charge in [0.1, 0.15) is 24.0 Å². The number of nitrogens with one attached hydrogen (secondary N) is 2. The second-order valence-corrected chi connectivity index (χ2v) is 8.71. The molecule has 0 aromatic carbocycles. The molecular weight excluding hydrogens is 400 g/mol. The lowest BCUT2D eigenvalue weighted by Gasteiger charge is -2.27. The van der Waals surface area contributed by atoms with Crippen LogP contribution in [0.15, 0.2) is 24.7 Å². The minimum atomic E-state index is -0.777. The molecule has 0 amide bonds. The summed E-state index contributed by atoms with van der Waals surface area (Å²) in [7, 11) is 0. The fourth-order valence-corrected chi connectivity index (χ4v) is 4.52. The maximum absolute atomic E-state index is 14.8. The highest BCUT2D eigenvalue weighted by Crippen LogP contribution is 2.31. The number of rotatable bonds is 6. The van der Waals surface area contributed by atoms with E-state index >= 15 is 0 Å². The summed E-state index contributed by atoms with van der Waals surface area (Å²) in [5.41, 5.74) is 1.39. The second-order valence-electron chi connectivity index (χ2n) is 8.71. The standard InChI is InChI=1S/C23H25F2N5O/c24-14-6-4-13(5-7-14)10-16-8-9-17(21(25)29-16)20(31)18-11-26-22-19(18)23(28-12-27-22)30-15-2-1-3-15/h8-9,11-15H,1-7,10H2,(H2,26,27,28,30). The minimum Gasteiger partial charge on any atom is -0.367 e. The van der Waals surface area contributed by atoms with Crippen LogP contribution in [0.25, 0.3) is 11.0 Å². The molecule has 0 atom stereocenters. The Morgan fingerprint density at radius 3 is 2.61 bits per heavy atom. The zero-order valence-corrected chi connectivity index (χ0v) is 17.2. The largest absolute Gasteiger partial charge is 0.367 e. The van der Waals surface area contributed by atoms with Crippen LogP contribution in [0.4, 0.5) is 14.6 Å². The van der Waals surface area contributed by atoms with Gasteiger partial charge in [0.25, 0.3) is 0 Å². The van der Waals surface area contributed by atoms with Crippen molar-refractivity contribution in [1.82, 2.24) is 19.9 Å².